The lowest BCUT2D eigenvalue weighted by Gasteiger charge is -2.39. The molecule has 1 saturated heterocycles. The van der Waals surface area contributed by atoms with Crippen LogP contribution in [0.15, 0.2) is 24.3 Å². The smallest absolute Gasteiger partial charge is 0.310 e. The highest BCUT2D eigenvalue weighted by atomic mass is 16.5. The second-order valence-corrected chi connectivity index (χ2v) is 5.97. The Morgan fingerprint density at radius 2 is 2.27 bits per heavy atom. The number of piperidine rings is 1. The topological polar surface area (TPSA) is 70.0 Å². The van der Waals surface area contributed by atoms with E-state index < -0.39 is 11.4 Å². The largest absolute Gasteiger partial charge is 0.491 e. The van der Waals surface area contributed by atoms with Gasteiger partial charge >= 0.3 is 5.97 Å². The quantitative estimate of drug-likeness (QED) is 0.807. The maximum atomic E-state index is 11.6. The Bertz CT molecular complexity index is 505. The van der Waals surface area contributed by atoms with E-state index in [1.807, 2.05) is 31.2 Å². The first-order chi connectivity index (χ1) is 10.6. The van der Waals surface area contributed by atoms with Crippen molar-refractivity contribution in [2.24, 2.45) is 5.41 Å². The first-order valence-electron chi connectivity index (χ1n) is 7.88. The molecule has 0 saturated carbocycles. The molecule has 1 aromatic carbocycles. The Kier molecular flexibility index (Phi) is 5.80. The van der Waals surface area contributed by atoms with E-state index >= 15 is 0 Å². The van der Waals surface area contributed by atoms with E-state index in [1.54, 1.807) is 0 Å². The normalized spacial score (nSPS) is 22.5. The Hall–Kier alpha value is -1.59. The van der Waals surface area contributed by atoms with Gasteiger partial charge in [-0.1, -0.05) is 19.1 Å². The minimum absolute atomic E-state index is 0.00597. The van der Waals surface area contributed by atoms with Crippen molar-refractivity contribution in [3.05, 3.63) is 29.8 Å². The molecule has 22 heavy (non-hydrogen) atoms. The van der Waals surface area contributed by atoms with Crippen LogP contribution < -0.4 is 4.74 Å². The predicted octanol–water partition coefficient (Wildman–Crippen LogP) is 2.13. The number of aliphatic hydroxyl groups is 1. The van der Waals surface area contributed by atoms with E-state index in [9.17, 15) is 9.90 Å². The molecule has 1 heterocycles. The molecule has 0 spiro atoms. The molecule has 0 aliphatic carbocycles. The van der Waals surface area contributed by atoms with Crippen molar-refractivity contribution in [1.82, 2.24) is 4.90 Å². The van der Waals surface area contributed by atoms with Gasteiger partial charge in [0.15, 0.2) is 0 Å². The van der Waals surface area contributed by atoms with Crippen LogP contribution in [0, 0.1) is 5.41 Å². The summed E-state index contributed by atoms with van der Waals surface area (Å²) in [6, 6.07) is 7.77. The molecule has 0 bridgehead atoms. The van der Waals surface area contributed by atoms with Gasteiger partial charge in [-0.25, -0.2) is 0 Å². The van der Waals surface area contributed by atoms with Crippen LogP contribution in [0.5, 0.6) is 5.75 Å². The second-order valence-electron chi connectivity index (χ2n) is 5.97. The lowest BCUT2D eigenvalue weighted by Crippen LogP contribution is -2.47. The van der Waals surface area contributed by atoms with Gasteiger partial charge in [-0.2, -0.15) is 0 Å². The van der Waals surface area contributed by atoms with Gasteiger partial charge < -0.3 is 14.9 Å². The van der Waals surface area contributed by atoms with Crippen molar-refractivity contribution in [2.45, 2.75) is 32.7 Å². The third-order valence-electron chi connectivity index (χ3n) is 4.45. The van der Waals surface area contributed by atoms with Gasteiger partial charge in [0.05, 0.1) is 12.0 Å². The fraction of sp³-hybridized carbons (Fsp3) is 0.588. The van der Waals surface area contributed by atoms with E-state index in [1.165, 1.54) is 0 Å². The second kappa shape index (κ2) is 7.61. The van der Waals surface area contributed by atoms with Crippen LogP contribution in [0.3, 0.4) is 0 Å². The molecule has 1 aliphatic rings. The highest BCUT2D eigenvalue weighted by Crippen LogP contribution is 2.34. The van der Waals surface area contributed by atoms with Crippen LogP contribution >= 0.6 is 0 Å². The summed E-state index contributed by atoms with van der Waals surface area (Å²) in [5.41, 5.74) is 0.496. The molecule has 122 valence electrons. The number of carbonyl (C=O) groups is 1. The number of carboxylic acid groups (broad SMARTS) is 1. The average molecular weight is 307 g/mol. The zero-order chi connectivity index (χ0) is 16.0. The fourth-order valence-corrected chi connectivity index (χ4v) is 3.13. The first-order valence-corrected chi connectivity index (χ1v) is 7.88. The number of rotatable bonds is 7. The van der Waals surface area contributed by atoms with E-state index in [-0.39, 0.29) is 13.2 Å². The Balaban J connectivity index is 2.02. The van der Waals surface area contributed by atoms with Crippen molar-refractivity contribution in [3.63, 3.8) is 0 Å². The number of likely N-dealkylation sites (tertiary alicyclic amines) is 1. The summed E-state index contributed by atoms with van der Waals surface area (Å²) in [5, 5.41) is 18.3. The molecule has 1 atom stereocenters. The number of hydrogen-bond donors (Lipinski definition) is 2. The monoisotopic (exact) mass is 307 g/mol. The van der Waals surface area contributed by atoms with Gasteiger partial charge in [0.25, 0.3) is 0 Å². The lowest BCUT2D eigenvalue weighted by molar-refractivity contribution is -0.153. The van der Waals surface area contributed by atoms with Crippen LogP contribution in [0.4, 0.5) is 0 Å². The van der Waals surface area contributed by atoms with Crippen molar-refractivity contribution in [3.8, 4) is 5.75 Å². The third-order valence-corrected chi connectivity index (χ3v) is 4.45. The molecule has 0 radical (unpaired) electrons. The van der Waals surface area contributed by atoms with Gasteiger partial charge in [-0.15, -0.1) is 0 Å². The summed E-state index contributed by atoms with van der Waals surface area (Å²) in [6.45, 7) is 4.49. The van der Waals surface area contributed by atoms with Crippen LogP contribution in [-0.4, -0.2) is 47.4 Å². The van der Waals surface area contributed by atoms with Gasteiger partial charge in [-0.05, 0) is 43.5 Å². The van der Waals surface area contributed by atoms with Crippen molar-refractivity contribution < 1.29 is 19.7 Å². The number of ether oxygens (including phenoxy) is 1. The van der Waals surface area contributed by atoms with E-state index in [0.717, 1.165) is 37.2 Å². The highest BCUT2D eigenvalue weighted by Gasteiger charge is 2.40. The highest BCUT2D eigenvalue weighted by molar-refractivity contribution is 5.75. The summed E-state index contributed by atoms with van der Waals surface area (Å²) >= 11 is 0. The van der Waals surface area contributed by atoms with Crippen molar-refractivity contribution in [1.29, 1.82) is 0 Å². The summed E-state index contributed by atoms with van der Waals surface area (Å²) in [7, 11) is 0. The fourth-order valence-electron chi connectivity index (χ4n) is 3.13. The van der Waals surface area contributed by atoms with Crippen LogP contribution in [0.25, 0.3) is 0 Å². The molecular formula is C17H25NO4. The zero-order valence-electron chi connectivity index (χ0n) is 13.1. The van der Waals surface area contributed by atoms with Crippen LogP contribution in [0.2, 0.25) is 0 Å². The molecule has 5 heteroatoms. The van der Waals surface area contributed by atoms with Gasteiger partial charge in [0, 0.05) is 13.1 Å². The molecule has 0 aromatic heterocycles. The van der Waals surface area contributed by atoms with Crippen LogP contribution in [-0.2, 0) is 11.3 Å². The lowest BCUT2D eigenvalue weighted by atomic mass is 9.77. The average Bonchev–Trinajstić information content (AvgIpc) is 2.53. The molecule has 5 nitrogen and oxygen atoms in total. The molecule has 1 aromatic rings. The summed E-state index contributed by atoms with van der Waals surface area (Å²) in [5.74, 6) is 0.0586. The number of benzene rings is 1. The minimum Gasteiger partial charge on any atom is -0.491 e. The zero-order valence-corrected chi connectivity index (χ0v) is 13.1. The Labute approximate surface area is 131 Å². The minimum atomic E-state index is -0.681. The van der Waals surface area contributed by atoms with Crippen molar-refractivity contribution in [2.75, 3.05) is 26.3 Å². The summed E-state index contributed by atoms with van der Waals surface area (Å²) < 4.78 is 5.42. The van der Waals surface area contributed by atoms with Gasteiger partial charge in [0.2, 0.25) is 0 Å². The first kappa shape index (κ1) is 16.8. The van der Waals surface area contributed by atoms with Gasteiger partial charge in [-0.3, -0.25) is 9.69 Å². The molecule has 2 rings (SSSR count). The number of aliphatic hydroxyl groups excluding tert-OH is 1. The summed E-state index contributed by atoms with van der Waals surface area (Å²) in [4.78, 5) is 13.8. The Morgan fingerprint density at radius 1 is 1.45 bits per heavy atom. The maximum Gasteiger partial charge on any atom is 0.310 e. The SMILES string of the molecule is CC[C@]1(C(=O)O)CCCN(Cc2cccc(OCCO)c2)C1. The molecular weight excluding hydrogens is 282 g/mol. The molecule has 0 amide bonds. The number of carboxylic acids is 1. The maximum absolute atomic E-state index is 11.6. The van der Waals surface area contributed by atoms with E-state index in [2.05, 4.69) is 4.90 Å². The standard InChI is InChI=1S/C17H25NO4/c1-2-17(16(20)21)7-4-8-18(13-17)12-14-5-3-6-15(11-14)22-10-9-19/h3,5-6,11,19H,2,4,7-10,12-13H2,1H3,(H,20,21)/t17-/m0/s1. The van der Waals surface area contributed by atoms with Crippen molar-refractivity contribution >= 4 is 5.97 Å². The number of hydrogen-bond acceptors (Lipinski definition) is 4. The van der Waals surface area contributed by atoms with E-state index in [4.69, 9.17) is 9.84 Å². The predicted molar refractivity (Wildman–Crippen MR) is 83.9 cm³/mol. The van der Waals surface area contributed by atoms with Gasteiger partial charge in [0.1, 0.15) is 12.4 Å². The Morgan fingerprint density at radius 3 is 2.95 bits per heavy atom. The van der Waals surface area contributed by atoms with E-state index in [0.29, 0.717) is 13.0 Å². The molecule has 1 aliphatic heterocycles. The number of aliphatic carboxylic acids is 1. The molecule has 1 fully saturated rings. The molecule has 2 N–H and O–H groups in total. The third kappa shape index (κ3) is 3.99. The number of nitrogens with zero attached hydrogens (tertiary/aromatic N) is 1. The molecule has 0 unspecified atom stereocenters. The summed E-state index contributed by atoms with van der Waals surface area (Å²) in [6.07, 6.45) is 2.34. The van der Waals surface area contributed by atoms with Crippen LogP contribution in [0.1, 0.15) is 31.7 Å².